The van der Waals surface area contributed by atoms with E-state index in [0.717, 1.165) is 76.5 Å². The molecule has 1 N–H and O–H groups in total. The molecule has 0 aliphatic rings. The summed E-state index contributed by atoms with van der Waals surface area (Å²) in [6, 6.07) is 20.4. The van der Waals surface area contributed by atoms with E-state index in [1.54, 1.807) is 6.26 Å². The van der Waals surface area contributed by atoms with Gasteiger partial charge in [-0.3, -0.25) is 14.8 Å². The SMILES string of the molecule is CC(C)Cc1cnc(-c2ccnc(-c3[c-]c4ccccc4c(C(C)(C)C)c3)c2)c2ccoc12.CCC(C)(CC)C(=O)/C=C(\O)C(C)(CC)CC.[Ir]. The number of aliphatic hydroxyl groups is 1. The fourth-order valence-corrected chi connectivity index (χ4v) is 6.23. The summed E-state index contributed by atoms with van der Waals surface area (Å²) in [5.74, 6) is 0.827. The van der Waals surface area contributed by atoms with Crippen LogP contribution in [0.25, 0.3) is 44.3 Å². The Morgan fingerprint density at radius 1 is 0.882 bits per heavy atom. The van der Waals surface area contributed by atoms with Crippen LogP contribution in [0.5, 0.6) is 0 Å². The van der Waals surface area contributed by atoms with Gasteiger partial charge in [-0.1, -0.05) is 111 Å². The number of furan rings is 1. The molecule has 3 heterocycles. The van der Waals surface area contributed by atoms with E-state index in [1.807, 2.05) is 66.1 Å². The number of nitrogens with zero attached hydrogens (tertiary/aromatic N) is 2. The van der Waals surface area contributed by atoms with Gasteiger partial charge in [0.2, 0.25) is 0 Å². The average Bonchev–Trinajstić information content (AvgIpc) is 3.61. The molecule has 5 aromatic rings. The Bertz CT molecular complexity index is 1960. The summed E-state index contributed by atoms with van der Waals surface area (Å²) in [6.45, 7) is 23.3. The molecule has 5 nitrogen and oxygen atoms in total. The van der Waals surface area contributed by atoms with E-state index in [4.69, 9.17) is 14.4 Å². The standard InChI is InChI=1S/C30H29N2O.C15H28O2.Ir/c1-19(2)14-23-18-32-28(25-11-13-33-29(23)25)21-10-12-31-27(17-21)22-15-20-8-6-7-9-24(20)26(16-22)30(3,4)5;1-7-14(5,8-2)12(16)11-13(17)15(6,9-3)10-4;/h6-13,16-19H,14H2,1-5H3;11,16H,7-10H2,1-6H3;/q-1;;/b;12-11-;. The topological polar surface area (TPSA) is 76.2 Å². The Morgan fingerprint density at radius 2 is 1.53 bits per heavy atom. The van der Waals surface area contributed by atoms with Crippen LogP contribution >= 0.6 is 0 Å². The second-order valence-electron chi connectivity index (χ2n) is 15.6. The van der Waals surface area contributed by atoms with Gasteiger partial charge in [0.05, 0.1) is 12.0 Å². The average molecular weight is 866 g/mol. The van der Waals surface area contributed by atoms with Crippen molar-refractivity contribution in [1.29, 1.82) is 0 Å². The van der Waals surface area contributed by atoms with Gasteiger partial charge >= 0.3 is 0 Å². The molecule has 0 fully saturated rings. The Kier molecular flexibility index (Phi) is 14.2. The fraction of sp³-hybridized carbons (Fsp3) is 0.444. The maximum atomic E-state index is 12.2. The third-order valence-corrected chi connectivity index (χ3v) is 10.7. The van der Waals surface area contributed by atoms with Crippen molar-refractivity contribution in [3.8, 4) is 22.5 Å². The number of aromatic nitrogens is 2. The third kappa shape index (κ3) is 9.45. The van der Waals surface area contributed by atoms with Crippen molar-refractivity contribution in [1.82, 2.24) is 9.97 Å². The number of hydrogen-bond acceptors (Lipinski definition) is 5. The molecule has 0 atom stereocenters. The van der Waals surface area contributed by atoms with Gasteiger partial charge in [-0.05, 0) is 61.1 Å². The zero-order valence-corrected chi connectivity index (χ0v) is 34.9. The number of benzene rings is 2. The summed E-state index contributed by atoms with van der Waals surface area (Å²) < 4.78 is 5.87. The second kappa shape index (κ2) is 17.3. The molecule has 1 radical (unpaired) electrons. The van der Waals surface area contributed by atoms with E-state index in [-0.39, 0.29) is 47.9 Å². The van der Waals surface area contributed by atoms with Gasteiger partial charge in [0.25, 0.3) is 0 Å². The molecule has 6 heteroatoms. The van der Waals surface area contributed by atoms with Crippen molar-refractivity contribution in [3.05, 3.63) is 96.2 Å². The molecule has 5 rings (SSSR count). The van der Waals surface area contributed by atoms with E-state index in [2.05, 4.69) is 77.1 Å². The molecular weight excluding hydrogens is 809 g/mol. The number of rotatable bonds is 11. The van der Waals surface area contributed by atoms with Gasteiger partial charge < -0.3 is 9.52 Å². The van der Waals surface area contributed by atoms with E-state index < -0.39 is 0 Å². The first-order valence-corrected chi connectivity index (χ1v) is 18.3. The molecule has 51 heavy (non-hydrogen) atoms. The second-order valence-corrected chi connectivity index (χ2v) is 15.6. The Hall–Kier alpha value is -3.60. The van der Waals surface area contributed by atoms with Crippen LogP contribution in [0.15, 0.2) is 83.4 Å². The van der Waals surface area contributed by atoms with Crippen LogP contribution < -0.4 is 0 Å². The summed E-state index contributed by atoms with van der Waals surface area (Å²) in [4.78, 5) is 21.7. The number of allylic oxidation sites excluding steroid dienone is 2. The smallest absolute Gasteiger partial charge is 0.164 e. The number of ketones is 1. The molecule has 0 aliphatic heterocycles. The number of hydrogen-bond donors (Lipinski definition) is 1. The maximum Gasteiger partial charge on any atom is 0.164 e. The van der Waals surface area contributed by atoms with Crippen LogP contribution in [0, 0.1) is 22.8 Å². The summed E-state index contributed by atoms with van der Waals surface area (Å²) in [7, 11) is 0. The van der Waals surface area contributed by atoms with Gasteiger partial charge in [0.15, 0.2) is 5.78 Å². The molecule has 0 saturated carbocycles. The van der Waals surface area contributed by atoms with Gasteiger partial charge in [0, 0.05) is 66.0 Å². The van der Waals surface area contributed by atoms with Crippen LogP contribution in [-0.4, -0.2) is 20.9 Å². The fourth-order valence-electron chi connectivity index (χ4n) is 6.23. The van der Waals surface area contributed by atoms with Crippen LogP contribution in [0.1, 0.15) is 113 Å². The summed E-state index contributed by atoms with van der Waals surface area (Å²) >= 11 is 0. The summed E-state index contributed by atoms with van der Waals surface area (Å²) in [5.41, 5.74) is 6.64. The predicted molar refractivity (Wildman–Crippen MR) is 209 cm³/mol. The van der Waals surface area contributed by atoms with Gasteiger partial charge in [-0.25, -0.2) is 0 Å². The van der Waals surface area contributed by atoms with Gasteiger partial charge in [-0.15, -0.1) is 29.1 Å². The van der Waals surface area contributed by atoms with Crippen LogP contribution in [-0.2, 0) is 36.7 Å². The van der Waals surface area contributed by atoms with Gasteiger partial charge in [0.1, 0.15) is 11.3 Å². The minimum absolute atomic E-state index is 0. The molecule has 0 spiro atoms. The van der Waals surface area contributed by atoms with E-state index >= 15 is 0 Å². The largest absolute Gasteiger partial charge is 0.512 e. The Labute approximate surface area is 319 Å². The normalized spacial score (nSPS) is 12.5. The van der Waals surface area contributed by atoms with Crippen molar-refractivity contribution in [2.24, 2.45) is 16.7 Å². The van der Waals surface area contributed by atoms with Crippen LogP contribution in [0.4, 0.5) is 0 Å². The maximum absolute atomic E-state index is 12.2. The first kappa shape index (κ1) is 41.8. The van der Waals surface area contributed by atoms with E-state index in [1.165, 1.54) is 17.0 Å². The van der Waals surface area contributed by atoms with Crippen molar-refractivity contribution < 1.29 is 34.4 Å². The number of aliphatic hydroxyl groups excluding tert-OH is 1. The monoisotopic (exact) mass is 866 g/mol. The van der Waals surface area contributed by atoms with Gasteiger partial charge in [-0.2, -0.15) is 0 Å². The molecular formula is C45H57IrN2O3-. The van der Waals surface area contributed by atoms with Crippen molar-refractivity contribution in [2.45, 2.75) is 114 Å². The summed E-state index contributed by atoms with van der Waals surface area (Å²) in [6.07, 6.45) is 11.3. The first-order valence-electron chi connectivity index (χ1n) is 18.3. The number of fused-ring (bicyclic) bond motifs is 2. The minimum Gasteiger partial charge on any atom is -0.512 e. The Morgan fingerprint density at radius 3 is 2.14 bits per heavy atom. The molecule has 0 aliphatic carbocycles. The quantitative estimate of drug-likeness (QED) is 0.0813. The zero-order valence-electron chi connectivity index (χ0n) is 32.5. The first-order chi connectivity index (χ1) is 23.6. The van der Waals surface area contributed by atoms with Crippen molar-refractivity contribution >= 4 is 27.5 Å². The molecule has 3 aromatic heterocycles. The van der Waals surface area contributed by atoms with Crippen LogP contribution in [0.3, 0.4) is 0 Å². The number of pyridine rings is 2. The molecule has 2 aromatic carbocycles. The molecule has 0 saturated heterocycles. The van der Waals surface area contributed by atoms with Crippen molar-refractivity contribution in [2.75, 3.05) is 0 Å². The molecule has 275 valence electrons. The van der Waals surface area contributed by atoms with Crippen molar-refractivity contribution in [3.63, 3.8) is 0 Å². The zero-order chi connectivity index (χ0) is 36.9. The van der Waals surface area contributed by atoms with Crippen LogP contribution in [0.2, 0.25) is 0 Å². The minimum atomic E-state index is -0.337. The molecule has 0 amide bonds. The van der Waals surface area contributed by atoms with E-state index in [9.17, 15) is 9.90 Å². The summed E-state index contributed by atoms with van der Waals surface area (Å²) in [5, 5.41) is 13.5. The predicted octanol–water partition coefficient (Wildman–Crippen LogP) is 12.7. The number of carbonyl (C=O) groups is 1. The third-order valence-electron chi connectivity index (χ3n) is 10.7. The number of carbonyl (C=O) groups excluding carboxylic acids is 1. The van der Waals surface area contributed by atoms with E-state index in [0.29, 0.717) is 5.92 Å². The molecule has 0 unspecified atom stereocenters. The molecule has 0 bridgehead atoms. The Balaban J connectivity index is 0.000000335.